The maximum absolute atomic E-state index is 12.6. The first-order chi connectivity index (χ1) is 12.3. The van der Waals surface area contributed by atoms with E-state index in [2.05, 4.69) is 78.9 Å². The molecule has 1 saturated heterocycles. The van der Waals surface area contributed by atoms with Gasteiger partial charge in [-0.15, -0.1) is 0 Å². The third-order valence-corrected chi connectivity index (χ3v) is 8.14. The Bertz CT molecular complexity index is 778. The second-order valence-corrected chi connectivity index (χ2v) is 9.12. The lowest BCUT2D eigenvalue weighted by molar-refractivity contribution is -0.119. The Hall–Kier alpha value is -2.24. The van der Waals surface area contributed by atoms with Crippen molar-refractivity contribution < 1.29 is 4.79 Å². The summed E-state index contributed by atoms with van der Waals surface area (Å²) in [6.07, 6.45) is 1.32. The Morgan fingerprint density at radius 1 is 0.600 bits per heavy atom. The van der Waals surface area contributed by atoms with Crippen LogP contribution in [0.25, 0.3) is 0 Å². The summed E-state index contributed by atoms with van der Waals surface area (Å²) in [4.78, 5) is 12.6. The molecule has 0 aliphatic carbocycles. The molecule has 0 spiro atoms. The highest BCUT2D eigenvalue weighted by molar-refractivity contribution is 7.66. The number of Topliss-reactive ketones (excluding diaryl/α,β-unsaturated/α-hetero) is 1. The molecular weight excluding hydrogens is 323 g/mol. The van der Waals surface area contributed by atoms with Crippen LogP contribution < -0.4 is 5.30 Å². The largest absolute Gasteiger partial charge is 0.300 e. The zero-order chi connectivity index (χ0) is 17.1. The van der Waals surface area contributed by atoms with Crippen LogP contribution >= 0.6 is 7.92 Å². The van der Waals surface area contributed by atoms with Gasteiger partial charge in [0.2, 0.25) is 0 Å². The SMILES string of the molecule is O=C1C[C@H](c2ccccc2)P(c2ccccc2)[C@H](c2ccccc2)C1. The molecule has 1 aliphatic heterocycles. The molecule has 0 bridgehead atoms. The summed E-state index contributed by atoms with van der Waals surface area (Å²) in [5.41, 5.74) is 3.19. The number of benzene rings is 3. The number of carbonyl (C=O) groups excluding carboxylic acids is 1. The van der Waals surface area contributed by atoms with E-state index in [1.54, 1.807) is 0 Å². The van der Waals surface area contributed by atoms with Crippen molar-refractivity contribution in [1.82, 2.24) is 0 Å². The van der Waals surface area contributed by atoms with Crippen LogP contribution in [0.4, 0.5) is 0 Å². The zero-order valence-corrected chi connectivity index (χ0v) is 15.0. The van der Waals surface area contributed by atoms with Crippen LogP contribution in [0.15, 0.2) is 91.0 Å². The molecular formula is C23H21OP. The van der Waals surface area contributed by atoms with Crippen LogP contribution in [-0.2, 0) is 4.79 Å². The van der Waals surface area contributed by atoms with Gasteiger partial charge in [-0.3, -0.25) is 4.79 Å². The third kappa shape index (κ3) is 3.43. The maximum atomic E-state index is 12.6. The second-order valence-electron chi connectivity index (χ2n) is 6.54. The third-order valence-electron chi connectivity index (χ3n) is 4.94. The van der Waals surface area contributed by atoms with E-state index in [0.29, 0.717) is 29.9 Å². The van der Waals surface area contributed by atoms with Gasteiger partial charge >= 0.3 is 0 Å². The summed E-state index contributed by atoms with van der Waals surface area (Å²) < 4.78 is 0. The minimum absolute atomic E-state index is 0.296. The van der Waals surface area contributed by atoms with E-state index in [4.69, 9.17) is 0 Å². The van der Waals surface area contributed by atoms with E-state index in [0.717, 1.165) is 0 Å². The first-order valence-corrected chi connectivity index (χ1v) is 10.3. The average molecular weight is 344 g/mol. The Balaban J connectivity index is 1.83. The molecule has 1 fully saturated rings. The lowest BCUT2D eigenvalue weighted by Crippen LogP contribution is -2.23. The Morgan fingerprint density at radius 2 is 1.00 bits per heavy atom. The van der Waals surface area contributed by atoms with Gasteiger partial charge in [0.1, 0.15) is 5.78 Å². The first kappa shape index (κ1) is 16.2. The molecule has 0 amide bonds. The van der Waals surface area contributed by atoms with Gasteiger partial charge in [0, 0.05) is 24.2 Å². The van der Waals surface area contributed by atoms with E-state index in [9.17, 15) is 4.79 Å². The quantitative estimate of drug-likeness (QED) is 0.562. The molecule has 1 aliphatic rings. The molecule has 2 heteroatoms. The lowest BCUT2D eigenvalue weighted by Gasteiger charge is -2.39. The fourth-order valence-electron chi connectivity index (χ4n) is 3.80. The van der Waals surface area contributed by atoms with Crippen molar-refractivity contribution in [2.24, 2.45) is 0 Å². The average Bonchev–Trinajstić information content (AvgIpc) is 2.69. The van der Waals surface area contributed by atoms with E-state index < -0.39 is 7.92 Å². The van der Waals surface area contributed by atoms with Crippen molar-refractivity contribution >= 4 is 19.0 Å². The monoisotopic (exact) mass is 344 g/mol. The molecule has 1 unspecified atom stereocenters. The lowest BCUT2D eigenvalue weighted by atomic mass is 10.0. The predicted molar refractivity (Wildman–Crippen MR) is 106 cm³/mol. The standard InChI is InChI=1S/C23H21OP/c24-20-16-22(18-10-4-1-5-11-18)25(21-14-8-3-9-15-21)23(17-20)19-12-6-2-7-13-19/h1-15,22-23H,16-17H2/t22-,23+,25?. The number of carbonyl (C=O) groups is 1. The van der Waals surface area contributed by atoms with Gasteiger partial charge in [0.15, 0.2) is 0 Å². The normalized spacial score (nSPS) is 23.4. The molecule has 0 N–H and O–H groups in total. The molecule has 3 aromatic rings. The van der Waals surface area contributed by atoms with Gasteiger partial charge in [-0.25, -0.2) is 0 Å². The van der Waals surface area contributed by atoms with Crippen molar-refractivity contribution in [2.45, 2.75) is 24.2 Å². The van der Waals surface area contributed by atoms with E-state index >= 15 is 0 Å². The number of rotatable bonds is 3. The molecule has 4 rings (SSSR count). The molecule has 3 aromatic carbocycles. The molecule has 25 heavy (non-hydrogen) atoms. The van der Waals surface area contributed by atoms with Crippen LogP contribution in [0.5, 0.6) is 0 Å². The first-order valence-electron chi connectivity index (χ1n) is 8.78. The molecule has 0 radical (unpaired) electrons. The van der Waals surface area contributed by atoms with Crippen molar-refractivity contribution in [2.75, 3.05) is 0 Å². The molecule has 1 heterocycles. The minimum atomic E-state index is -0.494. The highest BCUT2D eigenvalue weighted by Gasteiger charge is 2.39. The van der Waals surface area contributed by atoms with E-state index in [1.807, 2.05) is 12.1 Å². The Morgan fingerprint density at radius 3 is 1.44 bits per heavy atom. The fraction of sp³-hybridized carbons (Fsp3) is 0.174. The summed E-state index contributed by atoms with van der Waals surface area (Å²) in [6, 6.07) is 32.0. The summed E-state index contributed by atoms with van der Waals surface area (Å²) >= 11 is 0. The Labute approximate surface area is 150 Å². The molecule has 1 nitrogen and oxygen atoms in total. The van der Waals surface area contributed by atoms with Crippen LogP contribution in [0.1, 0.15) is 35.3 Å². The summed E-state index contributed by atoms with van der Waals surface area (Å²) in [6.45, 7) is 0. The van der Waals surface area contributed by atoms with Gasteiger partial charge in [0.05, 0.1) is 0 Å². The molecule has 0 aromatic heterocycles. The van der Waals surface area contributed by atoms with Gasteiger partial charge in [-0.1, -0.05) is 98.9 Å². The summed E-state index contributed by atoms with van der Waals surface area (Å²) in [5.74, 6) is 0.386. The van der Waals surface area contributed by atoms with Crippen molar-refractivity contribution in [3.05, 3.63) is 102 Å². The smallest absolute Gasteiger partial charge is 0.134 e. The van der Waals surface area contributed by atoms with Gasteiger partial charge in [-0.2, -0.15) is 0 Å². The highest BCUT2D eigenvalue weighted by atomic mass is 31.1. The maximum Gasteiger partial charge on any atom is 0.134 e. The highest BCUT2D eigenvalue weighted by Crippen LogP contribution is 2.65. The van der Waals surface area contributed by atoms with Crippen molar-refractivity contribution in [3.63, 3.8) is 0 Å². The number of ketones is 1. The Kier molecular flexibility index (Phi) is 4.76. The molecule has 3 atom stereocenters. The topological polar surface area (TPSA) is 17.1 Å². The molecule has 0 saturated carbocycles. The van der Waals surface area contributed by atoms with Gasteiger partial charge < -0.3 is 0 Å². The molecule has 124 valence electrons. The summed E-state index contributed by atoms with van der Waals surface area (Å²) in [5, 5.41) is 1.40. The number of hydrogen-bond donors (Lipinski definition) is 0. The van der Waals surface area contributed by atoms with Gasteiger partial charge in [0.25, 0.3) is 0 Å². The van der Waals surface area contributed by atoms with Crippen LogP contribution in [0.2, 0.25) is 0 Å². The minimum Gasteiger partial charge on any atom is -0.300 e. The van der Waals surface area contributed by atoms with Gasteiger partial charge in [-0.05, 0) is 16.4 Å². The van der Waals surface area contributed by atoms with Crippen molar-refractivity contribution in [1.29, 1.82) is 0 Å². The second kappa shape index (κ2) is 7.33. The van der Waals surface area contributed by atoms with E-state index in [-0.39, 0.29) is 0 Å². The van der Waals surface area contributed by atoms with Crippen LogP contribution in [0.3, 0.4) is 0 Å². The van der Waals surface area contributed by atoms with E-state index in [1.165, 1.54) is 16.4 Å². The van der Waals surface area contributed by atoms with Crippen LogP contribution in [-0.4, -0.2) is 5.78 Å². The predicted octanol–water partition coefficient (Wildman–Crippen LogP) is 5.64. The summed E-state index contributed by atoms with van der Waals surface area (Å²) in [7, 11) is -0.494. The fourth-order valence-corrected chi connectivity index (χ4v) is 7.25. The van der Waals surface area contributed by atoms with Crippen molar-refractivity contribution in [3.8, 4) is 0 Å². The van der Waals surface area contributed by atoms with Crippen LogP contribution in [0, 0.1) is 0 Å². The zero-order valence-electron chi connectivity index (χ0n) is 14.1. The number of hydrogen-bond acceptors (Lipinski definition) is 1.